The Labute approximate surface area is 121 Å². The Morgan fingerprint density at radius 1 is 1.61 bits per heavy atom. The van der Waals surface area contributed by atoms with E-state index < -0.39 is 0 Å². The number of aliphatic hydroxyl groups is 1. The number of benzene rings is 1. The molecule has 1 heterocycles. The van der Waals surface area contributed by atoms with E-state index in [-0.39, 0.29) is 6.10 Å². The molecule has 0 saturated carbocycles. The minimum Gasteiger partial charge on any atom is -0.393 e. The van der Waals surface area contributed by atoms with Crippen molar-refractivity contribution in [3.8, 4) is 0 Å². The fraction of sp³-hybridized carbons (Fsp3) is 0.462. The van der Waals surface area contributed by atoms with E-state index in [2.05, 4.69) is 20.8 Å². The summed E-state index contributed by atoms with van der Waals surface area (Å²) in [7, 11) is 0. The van der Waals surface area contributed by atoms with E-state index in [4.69, 9.17) is 18.0 Å². The average Bonchev–Trinajstić information content (AvgIpc) is 2.78. The van der Waals surface area contributed by atoms with Crippen LogP contribution in [0.25, 0.3) is 0 Å². The van der Waals surface area contributed by atoms with Gasteiger partial charge in [0.1, 0.15) is 4.99 Å². The summed E-state index contributed by atoms with van der Waals surface area (Å²) in [5, 5.41) is 9.63. The lowest BCUT2D eigenvalue weighted by Crippen LogP contribution is -2.24. The molecule has 2 unspecified atom stereocenters. The third-order valence-electron chi connectivity index (χ3n) is 3.48. The number of anilines is 1. The van der Waals surface area contributed by atoms with Crippen LogP contribution in [-0.4, -0.2) is 29.3 Å². The molecule has 2 atom stereocenters. The molecule has 2 rings (SSSR count). The van der Waals surface area contributed by atoms with Crippen molar-refractivity contribution in [3.05, 3.63) is 28.2 Å². The van der Waals surface area contributed by atoms with E-state index >= 15 is 0 Å². The predicted octanol–water partition coefficient (Wildman–Crippen LogP) is 2.29. The van der Waals surface area contributed by atoms with Crippen LogP contribution in [0.4, 0.5) is 5.69 Å². The van der Waals surface area contributed by atoms with Crippen molar-refractivity contribution in [2.24, 2.45) is 11.7 Å². The van der Waals surface area contributed by atoms with Gasteiger partial charge in [-0.15, -0.1) is 0 Å². The second kappa shape index (κ2) is 5.55. The number of hydrogen-bond donors (Lipinski definition) is 2. The fourth-order valence-corrected chi connectivity index (χ4v) is 3.07. The molecule has 1 aromatic rings. The molecule has 98 valence electrons. The number of hydrogen-bond acceptors (Lipinski definition) is 3. The summed E-state index contributed by atoms with van der Waals surface area (Å²) in [5.74, 6) is 0.354. The van der Waals surface area contributed by atoms with Crippen molar-refractivity contribution >= 4 is 38.8 Å². The lowest BCUT2D eigenvalue weighted by molar-refractivity contribution is 0.136. The van der Waals surface area contributed by atoms with Gasteiger partial charge in [-0.05, 0) is 47.5 Å². The zero-order chi connectivity index (χ0) is 13.3. The molecular weight excluding hydrogens is 312 g/mol. The third kappa shape index (κ3) is 2.84. The Morgan fingerprint density at radius 2 is 2.33 bits per heavy atom. The molecule has 0 aromatic heterocycles. The number of nitrogens with two attached hydrogens (primary N) is 1. The fourth-order valence-electron chi connectivity index (χ4n) is 2.32. The molecule has 18 heavy (non-hydrogen) atoms. The highest BCUT2D eigenvalue weighted by atomic mass is 79.9. The van der Waals surface area contributed by atoms with Crippen LogP contribution in [0, 0.1) is 5.92 Å². The Balaban J connectivity index is 2.18. The van der Waals surface area contributed by atoms with Crippen molar-refractivity contribution in [1.82, 2.24) is 0 Å². The molecule has 1 aliphatic rings. The summed E-state index contributed by atoms with van der Waals surface area (Å²) in [4.78, 5) is 2.69. The number of thiocarbonyl (C=S) groups is 1. The minimum absolute atomic E-state index is 0.246. The van der Waals surface area contributed by atoms with Gasteiger partial charge in [-0.1, -0.05) is 12.2 Å². The smallest absolute Gasteiger partial charge is 0.104 e. The summed E-state index contributed by atoms with van der Waals surface area (Å²) in [6, 6.07) is 5.93. The largest absolute Gasteiger partial charge is 0.393 e. The Kier molecular flexibility index (Phi) is 4.25. The lowest BCUT2D eigenvalue weighted by atomic mass is 10.0. The van der Waals surface area contributed by atoms with Crippen LogP contribution in [0.3, 0.4) is 0 Å². The summed E-state index contributed by atoms with van der Waals surface area (Å²) in [6.07, 6.45) is 0.783. The molecule has 5 heteroatoms. The molecule has 1 aromatic carbocycles. The van der Waals surface area contributed by atoms with Crippen molar-refractivity contribution in [2.75, 3.05) is 18.0 Å². The van der Waals surface area contributed by atoms with Crippen molar-refractivity contribution in [2.45, 2.75) is 19.4 Å². The normalized spacial score (nSPS) is 21.1. The number of nitrogens with zero attached hydrogens (tertiary/aromatic N) is 1. The van der Waals surface area contributed by atoms with Gasteiger partial charge in [0.15, 0.2) is 0 Å². The molecule has 0 radical (unpaired) electrons. The molecule has 1 aliphatic heterocycles. The third-order valence-corrected chi connectivity index (χ3v) is 4.35. The zero-order valence-corrected chi connectivity index (χ0v) is 12.7. The van der Waals surface area contributed by atoms with Crippen molar-refractivity contribution in [1.29, 1.82) is 0 Å². The number of halogens is 1. The van der Waals surface area contributed by atoms with E-state index in [0.29, 0.717) is 10.9 Å². The Morgan fingerprint density at radius 3 is 2.83 bits per heavy atom. The van der Waals surface area contributed by atoms with Gasteiger partial charge in [-0.25, -0.2) is 0 Å². The second-order valence-corrected chi connectivity index (χ2v) is 6.06. The SMILES string of the molecule is CC(O)C1CCN(c2ccc(C(N)=S)cc2Br)C1. The first-order valence-electron chi connectivity index (χ1n) is 6.01. The van der Waals surface area contributed by atoms with E-state index in [1.165, 1.54) is 0 Å². The summed E-state index contributed by atoms with van der Waals surface area (Å²) in [5.41, 5.74) is 7.62. The van der Waals surface area contributed by atoms with Gasteiger partial charge in [0.2, 0.25) is 0 Å². The molecule has 1 fully saturated rings. The molecule has 3 N–H and O–H groups in total. The van der Waals surface area contributed by atoms with Gasteiger partial charge in [0, 0.05) is 29.0 Å². The maximum absolute atomic E-state index is 9.63. The van der Waals surface area contributed by atoms with Gasteiger partial charge in [0.25, 0.3) is 0 Å². The van der Waals surface area contributed by atoms with E-state index in [1.54, 1.807) is 0 Å². The lowest BCUT2D eigenvalue weighted by Gasteiger charge is -2.21. The molecule has 0 amide bonds. The first-order valence-corrected chi connectivity index (χ1v) is 7.21. The van der Waals surface area contributed by atoms with E-state index in [1.807, 2.05) is 25.1 Å². The quantitative estimate of drug-likeness (QED) is 0.836. The van der Waals surface area contributed by atoms with Crippen molar-refractivity contribution < 1.29 is 5.11 Å². The van der Waals surface area contributed by atoms with Gasteiger partial charge in [-0.3, -0.25) is 0 Å². The predicted molar refractivity (Wildman–Crippen MR) is 82.0 cm³/mol. The highest BCUT2D eigenvalue weighted by Gasteiger charge is 2.27. The van der Waals surface area contributed by atoms with E-state index in [9.17, 15) is 5.11 Å². The van der Waals surface area contributed by atoms with Crippen molar-refractivity contribution in [3.63, 3.8) is 0 Å². The summed E-state index contributed by atoms with van der Waals surface area (Å²) < 4.78 is 0.999. The maximum Gasteiger partial charge on any atom is 0.104 e. The molecule has 0 spiro atoms. The number of aliphatic hydroxyl groups excluding tert-OH is 1. The van der Waals surface area contributed by atoms with Gasteiger partial charge in [0.05, 0.1) is 11.8 Å². The summed E-state index contributed by atoms with van der Waals surface area (Å²) >= 11 is 8.53. The monoisotopic (exact) mass is 328 g/mol. The second-order valence-electron chi connectivity index (χ2n) is 4.77. The Hall–Kier alpha value is -0.650. The Bertz CT molecular complexity index is 464. The van der Waals surface area contributed by atoms with E-state index in [0.717, 1.165) is 35.2 Å². The molecule has 3 nitrogen and oxygen atoms in total. The van der Waals surface area contributed by atoms with Gasteiger partial charge < -0.3 is 15.7 Å². The highest BCUT2D eigenvalue weighted by Crippen LogP contribution is 2.32. The average molecular weight is 329 g/mol. The van der Waals surface area contributed by atoms with Crippen LogP contribution in [-0.2, 0) is 0 Å². The molecular formula is C13H17BrN2OS. The van der Waals surface area contributed by atoms with Crippen LogP contribution in [0.15, 0.2) is 22.7 Å². The molecule has 1 saturated heterocycles. The highest BCUT2D eigenvalue weighted by molar-refractivity contribution is 9.10. The first kappa shape index (κ1) is 13.8. The van der Waals surface area contributed by atoms with Crippen LogP contribution >= 0.6 is 28.1 Å². The minimum atomic E-state index is -0.246. The van der Waals surface area contributed by atoms with Gasteiger partial charge >= 0.3 is 0 Å². The van der Waals surface area contributed by atoms with Crippen LogP contribution in [0.1, 0.15) is 18.9 Å². The van der Waals surface area contributed by atoms with Crippen LogP contribution in [0.5, 0.6) is 0 Å². The number of rotatable bonds is 3. The van der Waals surface area contributed by atoms with Crippen LogP contribution in [0.2, 0.25) is 0 Å². The summed E-state index contributed by atoms with van der Waals surface area (Å²) in [6.45, 7) is 3.72. The maximum atomic E-state index is 9.63. The topological polar surface area (TPSA) is 49.5 Å². The standard InChI is InChI=1S/C13H17BrN2OS/c1-8(17)10-4-5-16(7-10)12-3-2-9(13(15)18)6-11(12)14/h2-3,6,8,10,17H,4-5,7H2,1H3,(H2,15,18). The molecule has 0 bridgehead atoms. The van der Waals surface area contributed by atoms with Gasteiger partial charge in [-0.2, -0.15) is 0 Å². The zero-order valence-electron chi connectivity index (χ0n) is 10.3. The molecule has 0 aliphatic carbocycles. The first-order chi connectivity index (χ1) is 8.49. The van der Waals surface area contributed by atoms with Crippen LogP contribution < -0.4 is 10.6 Å².